The van der Waals surface area contributed by atoms with E-state index in [0.717, 1.165) is 18.7 Å². The van der Waals surface area contributed by atoms with Crippen LogP contribution < -0.4 is 4.74 Å². The highest BCUT2D eigenvalue weighted by atomic mass is 35.5. The average Bonchev–Trinajstić information content (AvgIpc) is 3.27. The Kier molecular flexibility index (Phi) is 7.34. The van der Waals surface area contributed by atoms with Gasteiger partial charge in [-0.3, -0.25) is 9.69 Å². The molecule has 0 saturated carbocycles. The van der Waals surface area contributed by atoms with Crippen molar-refractivity contribution in [3.8, 4) is 17.1 Å². The van der Waals surface area contributed by atoms with Gasteiger partial charge in [0.05, 0.1) is 13.2 Å². The summed E-state index contributed by atoms with van der Waals surface area (Å²) in [5, 5.41) is 4.69. The van der Waals surface area contributed by atoms with E-state index in [1.807, 2.05) is 17.0 Å². The van der Waals surface area contributed by atoms with Crippen LogP contribution in [0.5, 0.6) is 5.75 Å². The molecule has 1 aliphatic rings. The number of para-hydroxylation sites is 1. The van der Waals surface area contributed by atoms with E-state index in [1.54, 1.807) is 30.3 Å². The molecule has 0 N–H and O–H groups in total. The van der Waals surface area contributed by atoms with Crippen molar-refractivity contribution in [3.05, 3.63) is 65.3 Å². The maximum Gasteiger partial charge on any atom is 0.241 e. The van der Waals surface area contributed by atoms with Gasteiger partial charge in [-0.25, -0.2) is 4.39 Å². The molecule has 1 saturated heterocycles. The Balaban J connectivity index is 1.17. The van der Waals surface area contributed by atoms with Crippen molar-refractivity contribution in [2.75, 3.05) is 32.8 Å². The number of carbonyl (C=O) groups is 1. The molecule has 1 amide bonds. The molecular formula is C23H24ClFN4O3. The zero-order valence-electron chi connectivity index (χ0n) is 17.5. The van der Waals surface area contributed by atoms with Crippen LogP contribution in [0.4, 0.5) is 4.39 Å². The number of piperazine rings is 1. The van der Waals surface area contributed by atoms with Crippen LogP contribution in [-0.4, -0.2) is 58.6 Å². The van der Waals surface area contributed by atoms with E-state index in [1.165, 1.54) is 6.07 Å². The van der Waals surface area contributed by atoms with Crippen LogP contribution in [0.25, 0.3) is 11.4 Å². The first-order valence-corrected chi connectivity index (χ1v) is 10.9. The van der Waals surface area contributed by atoms with Gasteiger partial charge in [0.1, 0.15) is 0 Å². The quantitative estimate of drug-likeness (QED) is 0.474. The Labute approximate surface area is 190 Å². The number of carbonyl (C=O) groups excluding carboxylic acids is 1. The second kappa shape index (κ2) is 10.6. The Morgan fingerprint density at radius 3 is 2.59 bits per heavy atom. The number of hydrogen-bond donors (Lipinski definition) is 0. The van der Waals surface area contributed by atoms with E-state index in [2.05, 4.69) is 15.0 Å². The molecule has 0 spiro atoms. The predicted molar refractivity (Wildman–Crippen MR) is 118 cm³/mol. The first kappa shape index (κ1) is 22.2. The monoisotopic (exact) mass is 458 g/mol. The molecule has 9 heteroatoms. The number of ether oxygens (including phenoxy) is 1. The van der Waals surface area contributed by atoms with Crippen LogP contribution in [-0.2, 0) is 11.3 Å². The average molecular weight is 459 g/mol. The lowest BCUT2D eigenvalue weighted by atomic mass is 10.2. The molecule has 32 heavy (non-hydrogen) atoms. The van der Waals surface area contributed by atoms with Crippen molar-refractivity contribution in [3.63, 3.8) is 0 Å². The molecule has 7 nitrogen and oxygen atoms in total. The summed E-state index contributed by atoms with van der Waals surface area (Å²) >= 11 is 5.91. The van der Waals surface area contributed by atoms with E-state index >= 15 is 0 Å². The Bertz CT molecular complexity index is 1040. The van der Waals surface area contributed by atoms with Gasteiger partial charge in [-0.05, 0) is 42.8 Å². The van der Waals surface area contributed by atoms with Gasteiger partial charge in [0.25, 0.3) is 0 Å². The molecule has 168 valence electrons. The minimum absolute atomic E-state index is 0.0876. The molecule has 0 atom stereocenters. The molecule has 1 fully saturated rings. The van der Waals surface area contributed by atoms with Crippen LogP contribution in [0.15, 0.2) is 53.1 Å². The van der Waals surface area contributed by atoms with Gasteiger partial charge in [0, 0.05) is 43.2 Å². The molecule has 0 aliphatic carbocycles. The number of aromatic nitrogens is 2. The molecule has 0 unspecified atom stereocenters. The predicted octanol–water partition coefficient (Wildman–Crippen LogP) is 4.03. The van der Waals surface area contributed by atoms with E-state index in [9.17, 15) is 9.18 Å². The summed E-state index contributed by atoms with van der Waals surface area (Å²) in [6.45, 7) is 3.60. The lowest BCUT2D eigenvalue weighted by molar-refractivity contribution is -0.133. The molecule has 1 aliphatic heterocycles. The molecule has 0 radical (unpaired) electrons. The minimum atomic E-state index is -0.392. The largest absolute Gasteiger partial charge is 0.491 e. The van der Waals surface area contributed by atoms with Crippen molar-refractivity contribution in [2.24, 2.45) is 0 Å². The Morgan fingerprint density at radius 2 is 1.84 bits per heavy atom. The highest BCUT2D eigenvalue weighted by Gasteiger charge is 2.22. The minimum Gasteiger partial charge on any atom is -0.491 e. The van der Waals surface area contributed by atoms with Crippen LogP contribution in [0, 0.1) is 5.82 Å². The lowest BCUT2D eigenvalue weighted by Gasteiger charge is -2.34. The Morgan fingerprint density at radius 1 is 1.09 bits per heavy atom. The van der Waals surface area contributed by atoms with Crippen LogP contribution in [0.2, 0.25) is 5.02 Å². The van der Waals surface area contributed by atoms with E-state index in [0.29, 0.717) is 55.8 Å². The van der Waals surface area contributed by atoms with Crippen LogP contribution in [0.1, 0.15) is 18.7 Å². The summed E-state index contributed by atoms with van der Waals surface area (Å²) < 4.78 is 24.3. The number of benzene rings is 2. The van der Waals surface area contributed by atoms with Gasteiger partial charge in [-0.2, -0.15) is 4.98 Å². The summed E-state index contributed by atoms with van der Waals surface area (Å²) in [6.07, 6.45) is 0.922. The van der Waals surface area contributed by atoms with E-state index in [4.69, 9.17) is 20.9 Å². The standard InChI is InChI=1S/C23H24ClFN4O3/c24-18-9-7-17(8-10-18)23-26-21(32-27-23)16-28-11-13-29(14-12-28)22(30)6-3-15-31-20-5-2-1-4-19(20)25/h1-2,4-5,7-10H,3,6,11-16H2. The van der Waals surface area contributed by atoms with Gasteiger partial charge in [-0.15, -0.1) is 0 Å². The smallest absolute Gasteiger partial charge is 0.241 e. The van der Waals surface area contributed by atoms with E-state index in [-0.39, 0.29) is 11.7 Å². The Hall–Kier alpha value is -2.97. The van der Waals surface area contributed by atoms with Crippen molar-refractivity contribution < 1.29 is 18.4 Å². The number of amides is 1. The van der Waals surface area contributed by atoms with Crippen LogP contribution >= 0.6 is 11.6 Å². The molecule has 4 rings (SSSR count). The molecule has 1 aromatic heterocycles. The number of halogens is 2. The molecule has 0 bridgehead atoms. The number of hydrogen-bond acceptors (Lipinski definition) is 6. The van der Waals surface area contributed by atoms with Gasteiger partial charge in [-0.1, -0.05) is 28.9 Å². The first-order valence-electron chi connectivity index (χ1n) is 10.5. The van der Waals surface area contributed by atoms with Crippen LogP contribution in [0.3, 0.4) is 0 Å². The third-order valence-corrected chi connectivity index (χ3v) is 5.54. The van der Waals surface area contributed by atoms with Crippen molar-refractivity contribution >= 4 is 17.5 Å². The SMILES string of the molecule is O=C(CCCOc1ccccc1F)N1CCN(Cc2nc(-c3ccc(Cl)cc3)no2)CC1. The molecule has 2 aromatic carbocycles. The fraction of sp³-hybridized carbons (Fsp3) is 0.348. The maximum absolute atomic E-state index is 13.5. The topological polar surface area (TPSA) is 71.7 Å². The summed E-state index contributed by atoms with van der Waals surface area (Å²) in [4.78, 5) is 20.9. The fourth-order valence-corrected chi connectivity index (χ4v) is 3.63. The van der Waals surface area contributed by atoms with Crippen molar-refractivity contribution in [2.45, 2.75) is 19.4 Å². The summed E-state index contributed by atoms with van der Waals surface area (Å²) in [6, 6.07) is 13.5. The molecule has 3 aromatic rings. The maximum atomic E-state index is 13.5. The highest BCUT2D eigenvalue weighted by Crippen LogP contribution is 2.20. The normalized spacial score (nSPS) is 14.5. The van der Waals surface area contributed by atoms with Gasteiger partial charge >= 0.3 is 0 Å². The second-order valence-corrected chi connectivity index (χ2v) is 7.99. The van der Waals surface area contributed by atoms with Crippen molar-refractivity contribution in [1.82, 2.24) is 19.9 Å². The number of rotatable bonds is 8. The fourth-order valence-electron chi connectivity index (χ4n) is 3.51. The van der Waals surface area contributed by atoms with Crippen molar-refractivity contribution in [1.29, 1.82) is 0 Å². The molecular weight excluding hydrogens is 435 g/mol. The first-order chi connectivity index (χ1) is 15.6. The molecule has 2 heterocycles. The third kappa shape index (κ3) is 5.83. The highest BCUT2D eigenvalue weighted by molar-refractivity contribution is 6.30. The van der Waals surface area contributed by atoms with Gasteiger partial charge < -0.3 is 14.2 Å². The summed E-state index contributed by atoms with van der Waals surface area (Å²) in [5.41, 5.74) is 0.846. The lowest BCUT2D eigenvalue weighted by Crippen LogP contribution is -2.48. The zero-order chi connectivity index (χ0) is 22.3. The third-order valence-electron chi connectivity index (χ3n) is 5.28. The summed E-state index contributed by atoms with van der Waals surface area (Å²) in [5.74, 6) is 0.984. The van der Waals surface area contributed by atoms with E-state index < -0.39 is 5.82 Å². The number of nitrogens with zero attached hydrogens (tertiary/aromatic N) is 4. The zero-order valence-corrected chi connectivity index (χ0v) is 18.3. The summed E-state index contributed by atoms with van der Waals surface area (Å²) in [7, 11) is 0. The second-order valence-electron chi connectivity index (χ2n) is 7.56. The van der Waals surface area contributed by atoms with Gasteiger partial charge in [0.2, 0.25) is 17.6 Å². The van der Waals surface area contributed by atoms with Gasteiger partial charge in [0.15, 0.2) is 11.6 Å².